The molecule has 3 rings (SSSR count). The Morgan fingerprint density at radius 2 is 2.27 bits per heavy atom. The van der Waals surface area contributed by atoms with E-state index in [0.29, 0.717) is 11.3 Å². The average Bonchev–Trinajstić information content (AvgIpc) is 3.10. The van der Waals surface area contributed by atoms with Crippen LogP contribution in [-0.4, -0.2) is 10.9 Å². The van der Waals surface area contributed by atoms with Crippen molar-refractivity contribution in [1.82, 2.24) is 4.37 Å². The average molecular weight is 223 g/mol. The summed E-state index contributed by atoms with van der Waals surface area (Å²) < 4.78 is 4.26. The Hall–Kier alpha value is -0.770. The van der Waals surface area contributed by atoms with Crippen molar-refractivity contribution in [1.29, 1.82) is 0 Å². The molecule has 3 nitrogen and oxygen atoms in total. The van der Waals surface area contributed by atoms with E-state index >= 15 is 0 Å². The van der Waals surface area contributed by atoms with Crippen LogP contribution in [0.5, 0.6) is 0 Å². The Labute approximate surface area is 94.2 Å². The van der Waals surface area contributed by atoms with Crippen molar-refractivity contribution in [3.8, 4) is 0 Å². The van der Waals surface area contributed by atoms with Gasteiger partial charge in [0.05, 0.1) is 0 Å². The predicted molar refractivity (Wildman–Crippen MR) is 64.3 cm³/mol. The first-order chi connectivity index (χ1) is 7.18. The molecule has 0 spiro atoms. The number of aromatic nitrogens is 1. The number of hydrogen-bond donors (Lipinski definition) is 2. The standard InChI is InChI=1S/C11H17N3S/c1-11(4-5-11)6-13-10-8(7-2-3-7)9(12)14-15-10/h7,13H,2-6H2,1H3,(H2,12,14). The minimum absolute atomic E-state index is 0.541. The molecule has 2 aliphatic carbocycles. The summed E-state index contributed by atoms with van der Waals surface area (Å²) in [7, 11) is 0. The molecule has 0 bridgehead atoms. The van der Waals surface area contributed by atoms with Crippen molar-refractivity contribution in [2.45, 2.75) is 38.5 Å². The van der Waals surface area contributed by atoms with Gasteiger partial charge in [-0.3, -0.25) is 0 Å². The van der Waals surface area contributed by atoms with Gasteiger partial charge < -0.3 is 11.1 Å². The van der Waals surface area contributed by atoms with Crippen LogP contribution < -0.4 is 11.1 Å². The summed E-state index contributed by atoms with van der Waals surface area (Å²) in [6.07, 6.45) is 5.28. The Morgan fingerprint density at radius 1 is 1.53 bits per heavy atom. The first kappa shape index (κ1) is 9.46. The molecule has 15 heavy (non-hydrogen) atoms. The second-order valence-electron chi connectivity index (χ2n) is 5.25. The maximum Gasteiger partial charge on any atom is 0.142 e. The van der Waals surface area contributed by atoms with Crippen molar-refractivity contribution in [2.75, 3.05) is 17.6 Å². The van der Waals surface area contributed by atoms with Gasteiger partial charge in [0, 0.05) is 12.1 Å². The fourth-order valence-electron chi connectivity index (χ4n) is 1.89. The maximum atomic E-state index is 5.90. The summed E-state index contributed by atoms with van der Waals surface area (Å²) in [5.74, 6) is 1.45. The van der Waals surface area contributed by atoms with Gasteiger partial charge in [0.1, 0.15) is 10.8 Å². The molecule has 0 radical (unpaired) electrons. The van der Waals surface area contributed by atoms with Gasteiger partial charge in [0.15, 0.2) is 0 Å². The third kappa shape index (κ3) is 1.83. The third-order valence-electron chi connectivity index (χ3n) is 3.52. The SMILES string of the molecule is CC1(CNc2snc(N)c2C2CC2)CC1. The molecule has 0 amide bonds. The highest BCUT2D eigenvalue weighted by Crippen LogP contribution is 2.49. The lowest BCUT2D eigenvalue weighted by atomic mass is 10.1. The van der Waals surface area contributed by atoms with Crippen LogP contribution in [0.15, 0.2) is 0 Å². The van der Waals surface area contributed by atoms with E-state index in [1.54, 1.807) is 0 Å². The lowest BCUT2D eigenvalue weighted by molar-refractivity contribution is 0.611. The molecular weight excluding hydrogens is 206 g/mol. The summed E-state index contributed by atoms with van der Waals surface area (Å²) in [5, 5.41) is 4.76. The molecule has 2 saturated carbocycles. The van der Waals surface area contributed by atoms with E-state index < -0.39 is 0 Å². The first-order valence-electron chi connectivity index (χ1n) is 5.67. The number of rotatable bonds is 4. The van der Waals surface area contributed by atoms with E-state index in [4.69, 9.17) is 5.73 Å². The molecule has 1 aromatic heterocycles. The van der Waals surface area contributed by atoms with Crippen LogP contribution >= 0.6 is 11.5 Å². The van der Waals surface area contributed by atoms with E-state index in [1.807, 2.05) is 0 Å². The first-order valence-corrected chi connectivity index (χ1v) is 6.44. The summed E-state index contributed by atoms with van der Waals surface area (Å²) in [6, 6.07) is 0. The second kappa shape index (κ2) is 3.11. The molecular formula is C11H17N3S. The zero-order valence-corrected chi connectivity index (χ0v) is 9.86. The van der Waals surface area contributed by atoms with Gasteiger partial charge >= 0.3 is 0 Å². The largest absolute Gasteiger partial charge is 0.383 e. The molecule has 0 unspecified atom stereocenters. The molecule has 0 aliphatic heterocycles. The van der Waals surface area contributed by atoms with Gasteiger partial charge in [-0.2, -0.15) is 4.37 Å². The van der Waals surface area contributed by atoms with Crippen LogP contribution in [0, 0.1) is 5.41 Å². The highest BCUT2D eigenvalue weighted by atomic mass is 32.1. The van der Waals surface area contributed by atoms with E-state index in [-0.39, 0.29) is 0 Å². The fourth-order valence-corrected chi connectivity index (χ4v) is 2.68. The number of nitrogen functional groups attached to an aromatic ring is 1. The molecule has 4 heteroatoms. The van der Waals surface area contributed by atoms with Crippen molar-refractivity contribution in [3.05, 3.63) is 5.56 Å². The molecule has 0 atom stereocenters. The van der Waals surface area contributed by atoms with Gasteiger partial charge in [0.25, 0.3) is 0 Å². The monoisotopic (exact) mass is 223 g/mol. The van der Waals surface area contributed by atoms with Crippen LogP contribution in [0.25, 0.3) is 0 Å². The lowest BCUT2D eigenvalue weighted by Gasteiger charge is -2.10. The van der Waals surface area contributed by atoms with E-state index in [2.05, 4.69) is 16.6 Å². The predicted octanol–water partition coefficient (Wildman–Crippen LogP) is 2.81. The Bertz CT molecular complexity index is 377. The van der Waals surface area contributed by atoms with Crippen molar-refractivity contribution >= 4 is 22.4 Å². The third-order valence-corrected chi connectivity index (χ3v) is 4.36. The fraction of sp³-hybridized carbons (Fsp3) is 0.727. The minimum atomic E-state index is 0.541. The maximum absolute atomic E-state index is 5.90. The molecule has 1 aromatic rings. The van der Waals surface area contributed by atoms with Crippen LogP contribution in [-0.2, 0) is 0 Å². The summed E-state index contributed by atoms with van der Waals surface area (Å²) in [5.41, 5.74) is 7.73. The summed E-state index contributed by atoms with van der Waals surface area (Å²) >= 11 is 1.53. The van der Waals surface area contributed by atoms with E-state index in [1.165, 1.54) is 47.8 Å². The lowest BCUT2D eigenvalue weighted by Crippen LogP contribution is -2.11. The van der Waals surface area contributed by atoms with Crippen LogP contribution in [0.3, 0.4) is 0 Å². The second-order valence-corrected chi connectivity index (χ2v) is 6.02. The molecule has 82 valence electrons. The van der Waals surface area contributed by atoms with Gasteiger partial charge in [0.2, 0.25) is 0 Å². The zero-order chi connectivity index (χ0) is 10.5. The number of anilines is 2. The van der Waals surface area contributed by atoms with Crippen molar-refractivity contribution in [2.24, 2.45) is 5.41 Å². The van der Waals surface area contributed by atoms with Crippen LogP contribution in [0.2, 0.25) is 0 Å². The molecule has 2 aliphatic rings. The molecule has 0 aromatic carbocycles. The van der Waals surface area contributed by atoms with Crippen LogP contribution in [0.4, 0.5) is 10.8 Å². The topological polar surface area (TPSA) is 50.9 Å². The Kier molecular flexibility index (Phi) is 1.96. The summed E-state index contributed by atoms with van der Waals surface area (Å²) in [6.45, 7) is 3.41. The highest BCUT2D eigenvalue weighted by molar-refractivity contribution is 7.10. The molecule has 3 N–H and O–H groups in total. The Balaban J connectivity index is 1.73. The van der Waals surface area contributed by atoms with Gasteiger partial charge in [-0.15, -0.1) is 0 Å². The Morgan fingerprint density at radius 3 is 2.87 bits per heavy atom. The van der Waals surface area contributed by atoms with E-state index in [0.717, 1.165) is 12.4 Å². The molecule has 2 fully saturated rings. The minimum Gasteiger partial charge on any atom is -0.383 e. The smallest absolute Gasteiger partial charge is 0.142 e. The number of hydrogen-bond acceptors (Lipinski definition) is 4. The molecule has 1 heterocycles. The van der Waals surface area contributed by atoms with Crippen molar-refractivity contribution < 1.29 is 0 Å². The van der Waals surface area contributed by atoms with Crippen LogP contribution in [0.1, 0.15) is 44.1 Å². The number of nitrogens with one attached hydrogen (secondary N) is 1. The number of nitrogens with zero attached hydrogens (tertiary/aromatic N) is 1. The molecule has 0 saturated heterocycles. The quantitative estimate of drug-likeness (QED) is 0.825. The van der Waals surface area contributed by atoms with Gasteiger partial charge in [-0.05, 0) is 48.5 Å². The highest BCUT2D eigenvalue weighted by Gasteiger charge is 2.38. The normalized spacial score (nSPS) is 22.7. The number of nitrogens with two attached hydrogens (primary N) is 1. The van der Waals surface area contributed by atoms with Crippen molar-refractivity contribution in [3.63, 3.8) is 0 Å². The van der Waals surface area contributed by atoms with Gasteiger partial charge in [-0.25, -0.2) is 0 Å². The van der Waals surface area contributed by atoms with Gasteiger partial charge in [-0.1, -0.05) is 6.92 Å². The zero-order valence-electron chi connectivity index (χ0n) is 9.05. The summed E-state index contributed by atoms with van der Waals surface area (Å²) in [4.78, 5) is 0. The van der Waals surface area contributed by atoms with E-state index in [9.17, 15) is 0 Å².